The van der Waals surface area contributed by atoms with Crippen molar-refractivity contribution in [3.8, 4) is 0 Å². The lowest BCUT2D eigenvalue weighted by Gasteiger charge is -2.24. The molecule has 100 valence electrons. The number of nitrogens with one attached hydrogen (secondary N) is 1. The molecule has 1 aliphatic rings. The molecular weight excluding hydrogens is 226 g/mol. The molecule has 0 amide bonds. The standard InChI is InChI=1S/C15H23NO2/c1-13-4-2-3-5-15(13)12-18-9-7-16-10-14-6-8-17-11-14/h2-3,6,8,11,13,15-16H,4-5,7,9-10,12H2,1H3. The Balaban J connectivity index is 1.49. The lowest BCUT2D eigenvalue weighted by molar-refractivity contribution is 0.0807. The van der Waals surface area contributed by atoms with Crippen LogP contribution in [0.15, 0.2) is 35.2 Å². The van der Waals surface area contributed by atoms with Crippen molar-refractivity contribution in [3.05, 3.63) is 36.3 Å². The molecule has 2 rings (SSSR count). The predicted octanol–water partition coefficient (Wildman–Crippen LogP) is 2.99. The van der Waals surface area contributed by atoms with Gasteiger partial charge in [0.1, 0.15) is 0 Å². The molecule has 0 saturated carbocycles. The summed E-state index contributed by atoms with van der Waals surface area (Å²) >= 11 is 0. The fourth-order valence-electron chi connectivity index (χ4n) is 2.24. The van der Waals surface area contributed by atoms with Gasteiger partial charge in [-0.1, -0.05) is 19.1 Å². The molecule has 0 aliphatic heterocycles. The molecule has 0 saturated heterocycles. The molecular formula is C15H23NO2. The summed E-state index contributed by atoms with van der Waals surface area (Å²) in [5.41, 5.74) is 1.18. The van der Waals surface area contributed by atoms with E-state index in [-0.39, 0.29) is 0 Å². The van der Waals surface area contributed by atoms with Gasteiger partial charge in [0.2, 0.25) is 0 Å². The number of allylic oxidation sites excluding steroid dienone is 2. The van der Waals surface area contributed by atoms with Gasteiger partial charge in [-0.2, -0.15) is 0 Å². The summed E-state index contributed by atoms with van der Waals surface area (Å²) in [4.78, 5) is 0. The second-order valence-corrected chi connectivity index (χ2v) is 5.06. The van der Waals surface area contributed by atoms with Crippen LogP contribution in [-0.4, -0.2) is 19.8 Å². The van der Waals surface area contributed by atoms with E-state index in [9.17, 15) is 0 Å². The maximum atomic E-state index is 5.74. The Morgan fingerprint density at radius 3 is 3.06 bits per heavy atom. The topological polar surface area (TPSA) is 34.4 Å². The van der Waals surface area contributed by atoms with Crippen molar-refractivity contribution in [3.63, 3.8) is 0 Å². The summed E-state index contributed by atoms with van der Waals surface area (Å²) < 4.78 is 10.7. The first-order valence-electron chi connectivity index (χ1n) is 6.81. The van der Waals surface area contributed by atoms with Crippen LogP contribution in [0.3, 0.4) is 0 Å². The minimum absolute atomic E-state index is 0.698. The van der Waals surface area contributed by atoms with Gasteiger partial charge in [0.15, 0.2) is 0 Å². The molecule has 0 fully saturated rings. The summed E-state index contributed by atoms with van der Waals surface area (Å²) in [6.45, 7) is 5.73. The third kappa shape index (κ3) is 4.31. The highest BCUT2D eigenvalue weighted by atomic mass is 16.5. The molecule has 2 unspecified atom stereocenters. The Kier molecular flexibility index (Phi) is 5.49. The Morgan fingerprint density at radius 1 is 1.39 bits per heavy atom. The zero-order chi connectivity index (χ0) is 12.6. The summed E-state index contributed by atoms with van der Waals surface area (Å²) in [6.07, 6.45) is 10.4. The lowest BCUT2D eigenvalue weighted by atomic mass is 9.85. The van der Waals surface area contributed by atoms with Gasteiger partial charge in [-0.25, -0.2) is 0 Å². The van der Waals surface area contributed by atoms with Crippen LogP contribution in [0.2, 0.25) is 0 Å². The molecule has 2 atom stereocenters. The predicted molar refractivity (Wildman–Crippen MR) is 72.3 cm³/mol. The molecule has 3 heteroatoms. The number of furan rings is 1. The van der Waals surface area contributed by atoms with Crippen LogP contribution in [-0.2, 0) is 11.3 Å². The highest BCUT2D eigenvalue weighted by molar-refractivity contribution is 5.04. The first-order chi connectivity index (χ1) is 8.86. The van der Waals surface area contributed by atoms with E-state index >= 15 is 0 Å². The molecule has 0 bridgehead atoms. The monoisotopic (exact) mass is 249 g/mol. The number of hydrogen-bond donors (Lipinski definition) is 1. The Hall–Kier alpha value is -1.06. The summed E-state index contributed by atoms with van der Waals surface area (Å²) in [7, 11) is 0. The van der Waals surface area contributed by atoms with E-state index < -0.39 is 0 Å². The van der Waals surface area contributed by atoms with E-state index in [2.05, 4.69) is 24.4 Å². The smallest absolute Gasteiger partial charge is 0.0947 e. The molecule has 18 heavy (non-hydrogen) atoms. The van der Waals surface area contributed by atoms with Crippen LogP contribution in [0.4, 0.5) is 0 Å². The minimum Gasteiger partial charge on any atom is -0.472 e. The number of rotatable bonds is 7. The molecule has 1 aliphatic carbocycles. The average molecular weight is 249 g/mol. The van der Waals surface area contributed by atoms with Crippen molar-refractivity contribution in [1.82, 2.24) is 5.32 Å². The quantitative estimate of drug-likeness (QED) is 0.596. The molecule has 1 aromatic rings. The Labute approximate surface area is 109 Å². The Morgan fingerprint density at radius 2 is 2.28 bits per heavy atom. The maximum Gasteiger partial charge on any atom is 0.0947 e. The first kappa shape index (κ1) is 13.4. The Bertz CT molecular complexity index is 345. The molecule has 0 spiro atoms. The van der Waals surface area contributed by atoms with Crippen LogP contribution < -0.4 is 5.32 Å². The van der Waals surface area contributed by atoms with Gasteiger partial charge in [-0.3, -0.25) is 0 Å². The largest absolute Gasteiger partial charge is 0.472 e. The normalized spacial score (nSPS) is 23.4. The number of ether oxygens (including phenoxy) is 1. The van der Waals surface area contributed by atoms with Crippen molar-refractivity contribution >= 4 is 0 Å². The third-order valence-electron chi connectivity index (χ3n) is 3.58. The van der Waals surface area contributed by atoms with Crippen LogP contribution >= 0.6 is 0 Å². The van der Waals surface area contributed by atoms with E-state index in [4.69, 9.17) is 9.15 Å². The van der Waals surface area contributed by atoms with Gasteiger partial charge in [0.25, 0.3) is 0 Å². The van der Waals surface area contributed by atoms with Gasteiger partial charge in [0, 0.05) is 18.7 Å². The molecule has 3 nitrogen and oxygen atoms in total. The fourth-order valence-corrected chi connectivity index (χ4v) is 2.24. The minimum atomic E-state index is 0.698. The SMILES string of the molecule is CC1CC=CCC1COCCNCc1ccoc1. The van der Waals surface area contributed by atoms with Gasteiger partial charge in [0.05, 0.1) is 25.7 Å². The van der Waals surface area contributed by atoms with Crippen molar-refractivity contribution in [2.45, 2.75) is 26.3 Å². The molecule has 1 N–H and O–H groups in total. The highest BCUT2D eigenvalue weighted by Gasteiger charge is 2.17. The van der Waals surface area contributed by atoms with E-state index in [0.717, 1.165) is 32.2 Å². The van der Waals surface area contributed by atoms with Gasteiger partial charge in [-0.15, -0.1) is 0 Å². The summed E-state index contributed by atoms with van der Waals surface area (Å²) in [6, 6.07) is 1.98. The van der Waals surface area contributed by atoms with E-state index in [1.54, 1.807) is 12.5 Å². The third-order valence-corrected chi connectivity index (χ3v) is 3.58. The maximum absolute atomic E-state index is 5.74. The second kappa shape index (κ2) is 7.39. The van der Waals surface area contributed by atoms with Crippen molar-refractivity contribution in [2.24, 2.45) is 11.8 Å². The zero-order valence-electron chi connectivity index (χ0n) is 11.1. The van der Waals surface area contributed by atoms with Crippen LogP contribution in [0.1, 0.15) is 25.3 Å². The van der Waals surface area contributed by atoms with E-state index in [1.165, 1.54) is 18.4 Å². The molecule has 0 aromatic carbocycles. The summed E-state index contributed by atoms with van der Waals surface area (Å²) in [5, 5.41) is 3.34. The van der Waals surface area contributed by atoms with Gasteiger partial charge >= 0.3 is 0 Å². The average Bonchev–Trinajstić information content (AvgIpc) is 2.89. The van der Waals surface area contributed by atoms with Crippen molar-refractivity contribution < 1.29 is 9.15 Å². The molecule has 1 aromatic heterocycles. The number of hydrogen-bond acceptors (Lipinski definition) is 3. The van der Waals surface area contributed by atoms with Crippen LogP contribution in [0, 0.1) is 11.8 Å². The zero-order valence-corrected chi connectivity index (χ0v) is 11.1. The van der Waals surface area contributed by atoms with Crippen molar-refractivity contribution in [1.29, 1.82) is 0 Å². The lowest BCUT2D eigenvalue weighted by Crippen LogP contribution is -2.23. The molecule has 0 radical (unpaired) electrons. The van der Waals surface area contributed by atoms with Crippen LogP contribution in [0.25, 0.3) is 0 Å². The molecule has 1 heterocycles. The van der Waals surface area contributed by atoms with Crippen molar-refractivity contribution in [2.75, 3.05) is 19.8 Å². The fraction of sp³-hybridized carbons (Fsp3) is 0.600. The van der Waals surface area contributed by atoms with E-state index in [0.29, 0.717) is 5.92 Å². The summed E-state index contributed by atoms with van der Waals surface area (Å²) in [5.74, 6) is 1.46. The van der Waals surface area contributed by atoms with E-state index in [1.807, 2.05) is 6.07 Å². The van der Waals surface area contributed by atoms with Gasteiger partial charge in [-0.05, 0) is 30.7 Å². The second-order valence-electron chi connectivity index (χ2n) is 5.06. The first-order valence-corrected chi connectivity index (χ1v) is 6.81. The van der Waals surface area contributed by atoms with Crippen LogP contribution in [0.5, 0.6) is 0 Å². The highest BCUT2D eigenvalue weighted by Crippen LogP contribution is 2.24. The van der Waals surface area contributed by atoms with Gasteiger partial charge < -0.3 is 14.5 Å².